The number of amides is 1. The van der Waals surface area contributed by atoms with E-state index in [9.17, 15) is 9.59 Å². The van der Waals surface area contributed by atoms with Gasteiger partial charge in [0.1, 0.15) is 5.01 Å². The number of benzene rings is 2. The number of nitrogens with one attached hydrogen (secondary N) is 1. The van der Waals surface area contributed by atoms with Crippen molar-refractivity contribution in [1.82, 2.24) is 10.3 Å². The molecule has 0 bridgehead atoms. The number of para-hydroxylation sites is 1. The van der Waals surface area contributed by atoms with Crippen LogP contribution in [0.25, 0.3) is 16.3 Å². The monoisotopic (exact) mass is 350 g/mol. The largest absolute Gasteiger partial charge is 0.342 e. The fraction of sp³-hybridized carbons (Fsp3) is 0.150. The highest BCUT2D eigenvalue weighted by Crippen LogP contribution is 2.22. The first kappa shape index (κ1) is 17.0. The number of hydrogen-bond donors (Lipinski definition) is 1. The first-order valence-electron chi connectivity index (χ1n) is 8.00. The summed E-state index contributed by atoms with van der Waals surface area (Å²) in [6.07, 6.45) is 3.59. The van der Waals surface area contributed by atoms with Gasteiger partial charge in [-0.05, 0) is 37.1 Å². The van der Waals surface area contributed by atoms with Gasteiger partial charge >= 0.3 is 0 Å². The average Bonchev–Trinajstić information content (AvgIpc) is 3.03. The maximum Gasteiger partial charge on any atom is 0.244 e. The topological polar surface area (TPSA) is 59.1 Å². The van der Waals surface area contributed by atoms with Crippen LogP contribution in [-0.4, -0.2) is 22.7 Å². The Balaban J connectivity index is 1.65. The molecule has 0 aliphatic rings. The Morgan fingerprint density at radius 1 is 1.12 bits per heavy atom. The highest BCUT2D eigenvalue weighted by atomic mass is 32.1. The molecule has 1 aromatic heterocycles. The van der Waals surface area contributed by atoms with Gasteiger partial charge in [0.15, 0.2) is 5.78 Å². The summed E-state index contributed by atoms with van der Waals surface area (Å²) in [5, 5.41) is 3.53. The van der Waals surface area contributed by atoms with E-state index in [4.69, 9.17) is 0 Å². The van der Waals surface area contributed by atoms with E-state index in [1.165, 1.54) is 24.3 Å². The summed E-state index contributed by atoms with van der Waals surface area (Å²) in [6, 6.07) is 16.9. The van der Waals surface area contributed by atoms with Gasteiger partial charge in [-0.3, -0.25) is 9.59 Å². The normalized spacial score (nSPS) is 12.4. The molecule has 126 valence electrons. The molecule has 0 radical (unpaired) electrons. The first-order valence-corrected chi connectivity index (χ1v) is 8.82. The Morgan fingerprint density at radius 3 is 2.56 bits per heavy atom. The van der Waals surface area contributed by atoms with Crippen LogP contribution in [0, 0.1) is 0 Å². The molecule has 25 heavy (non-hydrogen) atoms. The Kier molecular flexibility index (Phi) is 5.36. The zero-order valence-corrected chi connectivity index (χ0v) is 14.6. The van der Waals surface area contributed by atoms with E-state index in [0.717, 1.165) is 20.8 Å². The summed E-state index contributed by atoms with van der Waals surface area (Å²) in [6.45, 7) is 1.49. The van der Waals surface area contributed by atoms with Crippen LogP contribution in [0.5, 0.6) is 0 Å². The van der Waals surface area contributed by atoms with Crippen molar-refractivity contribution < 1.29 is 9.59 Å². The van der Waals surface area contributed by atoms with Gasteiger partial charge in [0, 0.05) is 6.08 Å². The number of aromatic nitrogens is 1. The number of carbonyl (C=O) groups is 2. The SMILES string of the molecule is CC(=O)C(Cc1ccccc1)NC(=O)/C=C/c1nc2ccccc2s1. The molecule has 1 amide bonds. The maximum atomic E-state index is 12.2. The van der Waals surface area contributed by atoms with Gasteiger partial charge in [-0.25, -0.2) is 4.98 Å². The molecular formula is C20H18N2O2S. The predicted octanol–water partition coefficient (Wildman–Crippen LogP) is 3.63. The summed E-state index contributed by atoms with van der Waals surface area (Å²) in [5.41, 5.74) is 1.93. The van der Waals surface area contributed by atoms with Crippen LogP contribution in [0.15, 0.2) is 60.7 Å². The van der Waals surface area contributed by atoms with Crippen LogP contribution >= 0.6 is 11.3 Å². The van der Waals surface area contributed by atoms with Gasteiger partial charge in [-0.2, -0.15) is 0 Å². The van der Waals surface area contributed by atoms with Gasteiger partial charge < -0.3 is 5.32 Å². The van der Waals surface area contributed by atoms with Gasteiger partial charge in [0.05, 0.1) is 16.3 Å². The van der Waals surface area contributed by atoms with Crippen molar-refractivity contribution in [3.8, 4) is 0 Å². The standard InChI is InChI=1S/C20H18N2O2S/c1-14(23)17(13-15-7-3-2-4-8-15)21-19(24)11-12-20-22-16-9-5-6-10-18(16)25-20/h2-12,17H,13H2,1H3,(H,21,24)/b12-11+. The quantitative estimate of drug-likeness (QED) is 0.691. The number of fused-ring (bicyclic) bond motifs is 1. The minimum absolute atomic E-state index is 0.0643. The number of Topliss-reactive ketones (excluding diaryl/α,β-unsaturated/α-hetero) is 1. The minimum atomic E-state index is -0.532. The molecule has 4 nitrogen and oxygen atoms in total. The molecule has 5 heteroatoms. The Hall–Kier alpha value is -2.79. The van der Waals surface area contributed by atoms with Gasteiger partial charge in [0.25, 0.3) is 0 Å². The van der Waals surface area contributed by atoms with Gasteiger partial charge in [-0.1, -0.05) is 42.5 Å². The lowest BCUT2D eigenvalue weighted by Crippen LogP contribution is -2.40. The molecule has 3 aromatic rings. The van der Waals surface area contributed by atoms with E-state index in [0.29, 0.717) is 6.42 Å². The lowest BCUT2D eigenvalue weighted by atomic mass is 10.0. The molecule has 0 aliphatic carbocycles. The zero-order valence-electron chi connectivity index (χ0n) is 13.8. The third-order valence-electron chi connectivity index (χ3n) is 3.78. The van der Waals surface area contributed by atoms with E-state index >= 15 is 0 Å². The second-order valence-electron chi connectivity index (χ2n) is 5.71. The second-order valence-corrected chi connectivity index (χ2v) is 6.78. The van der Waals surface area contributed by atoms with Crippen LogP contribution in [0.4, 0.5) is 0 Å². The van der Waals surface area contributed by atoms with Crippen LogP contribution in [-0.2, 0) is 16.0 Å². The third-order valence-corrected chi connectivity index (χ3v) is 4.78. The van der Waals surface area contributed by atoms with E-state index < -0.39 is 6.04 Å². The molecule has 0 spiro atoms. The molecule has 1 unspecified atom stereocenters. The molecular weight excluding hydrogens is 332 g/mol. The highest BCUT2D eigenvalue weighted by Gasteiger charge is 2.16. The molecule has 0 saturated carbocycles. The lowest BCUT2D eigenvalue weighted by molar-refractivity contribution is -0.124. The van der Waals surface area contributed by atoms with E-state index in [2.05, 4.69) is 10.3 Å². The average molecular weight is 350 g/mol. The number of hydrogen-bond acceptors (Lipinski definition) is 4. The van der Waals surface area contributed by atoms with E-state index in [1.807, 2.05) is 54.6 Å². The molecule has 1 N–H and O–H groups in total. The van der Waals surface area contributed by atoms with Crippen molar-refractivity contribution in [2.45, 2.75) is 19.4 Å². The van der Waals surface area contributed by atoms with Crippen LogP contribution in [0.3, 0.4) is 0 Å². The smallest absolute Gasteiger partial charge is 0.244 e. The number of ketones is 1. The van der Waals surface area contributed by atoms with Gasteiger partial charge in [-0.15, -0.1) is 11.3 Å². The Bertz CT molecular complexity index is 883. The number of rotatable bonds is 6. The number of carbonyl (C=O) groups excluding carboxylic acids is 2. The lowest BCUT2D eigenvalue weighted by Gasteiger charge is -2.14. The van der Waals surface area contributed by atoms with Crippen LogP contribution in [0.1, 0.15) is 17.5 Å². The molecule has 3 rings (SSSR count). The third kappa shape index (κ3) is 4.61. The predicted molar refractivity (Wildman–Crippen MR) is 101 cm³/mol. The van der Waals surface area contributed by atoms with Crippen molar-refractivity contribution >= 4 is 39.3 Å². The van der Waals surface area contributed by atoms with E-state index in [-0.39, 0.29) is 11.7 Å². The molecule has 2 aromatic carbocycles. The fourth-order valence-electron chi connectivity index (χ4n) is 2.47. The molecule has 0 saturated heterocycles. The number of thiazole rings is 1. The van der Waals surface area contributed by atoms with Gasteiger partial charge in [0.2, 0.25) is 5.91 Å². The summed E-state index contributed by atoms with van der Waals surface area (Å²) < 4.78 is 1.08. The summed E-state index contributed by atoms with van der Waals surface area (Å²) in [4.78, 5) is 28.4. The second kappa shape index (κ2) is 7.85. The van der Waals surface area contributed by atoms with Crippen molar-refractivity contribution in [3.63, 3.8) is 0 Å². The Morgan fingerprint density at radius 2 is 1.84 bits per heavy atom. The van der Waals surface area contributed by atoms with E-state index in [1.54, 1.807) is 6.08 Å². The molecule has 0 aliphatic heterocycles. The van der Waals surface area contributed by atoms with Crippen molar-refractivity contribution in [2.24, 2.45) is 0 Å². The van der Waals surface area contributed by atoms with Crippen molar-refractivity contribution in [1.29, 1.82) is 0 Å². The summed E-state index contributed by atoms with van der Waals surface area (Å²) in [7, 11) is 0. The van der Waals surface area contributed by atoms with Crippen LogP contribution in [0.2, 0.25) is 0 Å². The van der Waals surface area contributed by atoms with Crippen molar-refractivity contribution in [3.05, 3.63) is 71.2 Å². The number of nitrogens with zero attached hydrogens (tertiary/aromatic N) is 1. The van der Waals surface area contributed by atoms with Crippen LogP contribution < -0.4 is 5.32 Å². The first-order chi connectivity index (χ1) is 12.1. The zero-order chi connectivity index (χ0) is 17.6. The molecule has 1 atom stereocenters. The molecule has 1 heterocycles. The summed E-state index contributed by atoms with van der Waals surface area (Å²) in [5.74, 6) is -0.360. The molecule has 0 fully saturated rings. The van der Waals surface area contributed by atoms with Crippen molar-refractivity contribution in [2.75, 3.05) is 0 Å². The maximum absolute atomic E-state index is 12.2. The Labute approximate surface area is 150 Å². The minimum Gasteiger partial charge on any atom is -0.342 e. The highest BCUT2D eigenvalue weighted by molar-refractivity contribution is 7.19. The summed E-state index contributed by atoms with van der Waals surface area (Å²) >= 11 is 1.52. The fourth-order valence-corrected chi connectivity index (χ4v) is 3.34.